The molecule has 0 radical (unpaired) electrons. The number of rotatable bonds is 3. The summed E-state index contributed by atoms with van der Waals surface area (Å²) in [7, 11) is 0. The van der Waals surface area contributed by atoms with Crippen LogP contribution in [0.1, 0.15) is 15.9 Å². The Morgan fingerprint density at radius 3 is 2.58 bits per heavy atom. The van der Waals surface area contributed by atoms with E-state index in [9.17, 15) is 4.79 Å². The third-order valence-electron chi connectivity index (χ3n) is 2.97. The van der Waals surface area contributed by atoms with Gasteiger partial charge in [-0.25, -0.2) is 0 Å². The fourth-order valence-electron chi connectivity index (χ4n) is 1.97. The third kappa shape index (κ3) is 2.56. The fourth-order valence-corrected chi connectivity index (χ4v) is 2.10. The molecule has 3 nitrogen and oxygen atoms in total. The van der Waals surface area contributed by atoms with E-state index in [1.54, 1.807) is 24.3 Å². The quantitative estimate of drug-likeness (QED) is 0.804. The number of ether oxygens (including phenoxy) is 2. The molecule has 0 saturated carbocycles. The third-order valence-corrected chi connectivity index (χ3v) is 3.22. The molecular weight excluding hydrogens is 264 g/mol. The SMILES string of the molecule is O=C(Cc1ccc2c(c1)OCO2)c1ccc(Cl)cc1. The highest BCUT2D eigenvalue weighted by Crippen LogP contribution is 2.32. The standard InChI is InChI=1S/C15H11ClO3/c16-12-4-2-11(3-5-12)13(17)7-10-1-6-14-15(8-10)19-9-18-14/h1-6,8H,7,9H2. The van der Waals surface area contributed by atoms with Gasteiger partial charge < -0.3 is 9.47 Å². The Hall–Kier alpha value is -2.00. The molecule has 0 aromatic heterocycles. The van der Waals surface area contributed by atoms with Crippen LogP contribution in [0.4, 0.5) is 0 Å². The van der Waals surface area contributed by atoms with E-state index in [1.807, 2.05) is 18.2 Å². The number of Topliss-reactive ketones (excluding diaryl/α,β-unsaturated/α-hetero) is 1. The summed E-state index contributed by atoms with van der Waals surface area (Å²) in [6.07, 6.45) is 0.332. The second-order valence-corrected chi connectivity index (χ2v) is 4.73. The zero-order valence-electron chi connectivity index (χ0n) is 10.1. The summed E-state index contributed by atoms with van der Waals surface area (Å²) in [4.78, 5) is 12.1. The van der Waals surface area contributed by atoms with Crippen LogP contribution in [0.15, 0.2) is 42.5 Å². The predicted molar refractivity (Wildman–Crippen MR) is 72.1 cm³/mol. The molecule has 0 saturated heterocycles. The number of carbonyl (C=O) groups is 1. The summed E-state index contributed by atoms with van der Waals surface area (Å²) < 4.78 is 10.5. The number of hydrogen-bond donors (Lipinski definition) is 0. The molecule has 0 spiro atoms. The number of hydrogen-bond acceptors (Lipinski definition) is 3. The van der Waals surface area contributed by atoms with Crippen molar-refractivity contribution < 1.29 is 14.3 Å². The maximum atomic E-state index is 12.1. The Morgan fingerprint density at radius 1 is 1.05 bits per heavy atom. The molecule has 1 heterocycles. The Balaban J connectivity index is 1.77. The molecule has 96 valence electrons. The van der Waals surface area contributed by atoms with Gasteiger partial charge in [-0.2, -0.15) is 0 Å². The Bertz CT molecular complexity index is 620. The average molecular weight is 275 g/mol. The molecule has 19 heavy (non-hydrogen) atoms. The van der Waals surface area contributed by atoms with E-state index in [-0.39, 0.29) is 12.6 Å². The topological polar surface area (TPSA) is 35.5 Å². The monoisotopic (exact) mass is 274 g/mol. The van der Waals surface area contributed by atoms with E-state index < -0.39 is 0 Å². The van der Waals surface area contributed by atoms with Crippen LogP contribution in [0.25, 0.3) is 0 Å². The first-order valence-corrected chi connectivity index (χ1v) is 6.27. The first-order chi connectivity index (χ1) is 9.22. The van der Waals surface area contributed by atoms with Crippen LogP contribution < -0.4 is 9.47 Å². The number of halogens is 1. The number of fused-ring (bicyclic) bond motifs is 1. The molecule has 0 aliphatic carbocycles. The smallest absolute Gasteiger partial charge is 0.231 e. The molecule has 4 heteroatoms. The van der Waals surface area contributed by atoms with Crippen LogP contribution in [-0.2, 0) is 6.42 Å². The zero-order valence-corrected chi connectivity index (χ0v) is 10.8. The largest absolute Gasteiger partial charge is 0.454 e. The summed E-state index contributed by atoms with van der Waals surface area (Å²) in [6, 6.07) is 12.4. The van der Waals surface area contributed by atoms with Crippen LogP contribution in [0.5, 0.6) is 11.5 Å². The first kappa shape index (κ1) is 12.1. The molecule has 0 N–H and O–H groups in total. The summed E-state index contributed by atoms with van der Waals surface area (Å²) in [5, 5.41) is 0.625. The molecule has 1 aliphatic heterocycles. The van der Waals surface area contributed by atoms with Crippen LogP contribution in [-0.4, -0.2) is 12.6 Å². The first-order valence-electron chi connectivity index (χ1n) is 5.90. The van der Waals surface area contributed by atoms with Crippen LogP contribution in [0.3, 0.4) is 0 Å². The molecule has 2 aromatic rings. The average Bonchev–Trinajstić information content (AvgIpc) is 2.87. The normalized spacial score (nSPS) is 12.5. The van der Waals surface area contributed by atoms with Crippen LogP contribution in [0.2, 0.25) is 5.02 Å². The molecule has 2 aromatic carbocycles. The van der Waals surface area contributed by atoms with E-state index >= 15 is 0 Å². The van der Waals surface area contributed by atoms with Crippen molar-refractivity contribution >= 4 is 17.4 Å². The molecule has 0 atom stereocenters. The maximum absolute atomic E-state index is 12.1. The van der Waals surface area contributed by atoms with Gasteiger partial charge in [0.05, 0.1) is 0 Å². The lowest BCUT2D eigenvalue weighted by molar-refractivity contribution is 0.0993. The maximum Gasteiger partial charge on any atom is 0.231 e. The van der Waals surface area contributed by atoms with Crippen LogP contribution in [0, 0.1) is 0 Å². The summed E-state index contributed by atoms with van der Waals surface area (Å²) >= 11 is 5.80. The molecule has 0 fully saturated rings. The van der Waals surface area contributed by atoms with Crippen molar-refractivity contribution in [2.24, 2.45) is 0 Å². The molecule has 1 aliphatic rings. The molecule has 0 bridgehead atoms. The van der Waals surface area contributed by atoms with Crippen molar-refractivity contribution in [1.82, 2.24) is 0 Å². The van der Waals surface area contributed by atoms with Crippen molar-refractivity contribution in [3.63, 3.8) is 0 Å². The Morgan fingerprint density at radius 2 is 1.79 bits per heavy atom. The van der Waals surface area contributed by atoms with Crippen molar-refractivity contribution in [3.05, 3.63) is 58.6 Å². The minimum atomic E-state index is 0.0514. The van der Waals surface area contributed by atoms with Crippen molar-refractivity contribution in [2.75, 3.05) is 6.79 Å². The fraction of sp³-hybridized carbons (Fsp3) is 0.133. The van der Waals surface area contributed by atoms with Gasteiger partial charge in [-0.3, -0.25) is 4.79 Å². The highest BCUT2D eigenvalue weighted by Gasteiger charge is 2.15. The predicted octanol–water partition coefficient (Wildman–Crippen LogP) is 3.49. The summed E-state index contributed by atoms with van der Waals surface area (Å²) in [5.41, 5.74) is 1.56. The van der Waals surface area contributed by atoms with Gasteiger partial charge in [0.2, 0.25) is 6.79 Å². The van der Waals surface area contributed by atoms with E-state index in [0.717, 1.165) is 11.3 Å². The molecule has 0 unspecified atom stereocenters. The van der Waals surface area contributed by atoms with E-state index in [4.69, 9.17) is 21.1 Å². The lowest BCUT2D eigenvalue weighted by Crippen LogP contribution is -2.03. The van der Waals surface area contributed by atoms with Gasteiger partial charge in [-0.1, -0.05) is 17.7 Å². The van der Waals surface area contributed by atoms with E-state index in [0.29, 0.717) is 22.8 Å². The van der Waals surface area contributed by atoms with Crippen molar-refractivity contribution in [2.45, 2.75) is 6.42 Å². The van der Waals surface area contributed by atoms with Gasteiger partial charge in [0.15, 0.2) is 17.3 Å². The molecule has 0 amide bonds. The van der Waals surface area contributed by atoms with Crippen molar-refractivity contribution in [3.8, 4) is 11.5 Å². The van der Waals surface area contributed by atoms with Gasteiger partial charge in [0.1, 0.15) is 0 Å². The molecular formula is C15H11ClO3. The van der Waals surface area contributed by atoms with Gasteiger partial charge in [-0.15, -0.1) is 0 Å². The summed E-state index contributed by atoms with van der Waals surface area (Å²) in [6.45, 7) is 0.240. The lowest BCUT2D eigenvalue weighted by atomic mass is 10.0. The highest BCUT2D eigenvalue weighted by molar-refractivity contribution is 6.30. The van der Waals surface area contributed by atoms with Gasteiger partial charge in [0.25, 0.3) is 0 Å². The number of ketones is 1. The van der Waals surface area contributed by atoms with Gasteiger partial charge in [-0.05, 0) is 42.0 Å². The minimum Gasteiger partial charge on any atom is -0.454 e. The van der Waals surface area contributed by atoms with E-state index in [2.05, 4.69) is 0 Å². The van der Waals surface area contributed by atoms with Crippen LogP contribution >= 0.6 is 11.6 Å². The van der Waals surface area contributed by atoms with Crippen molar-refractivity contribution in [1.29, 1.82) is 0 Å². The Labute approximate surface area is 115 Å². The molecule has 3 rings (SSSR count). The van der Waals surface area contributed by atoms with E-state index in [1.165, 1.54) is 0 Å². The van der Waals surface area contributed by atoms with Gasteiger partial charge >= 0.3 is 0 Å². The lowest BCUT2D eigenvalue weighted by Gasteiger charge is -2.03. The number of carbonyl (C=O) groups excluding carboxylic acids is 1. The zero-order chi connectivity index (χ0) is 13.2. The minimum absolute atomic E-state index is 0.0514. The highest BCUT2D eigenvalue weighted by atomic mass is 35.5. The summed E-state index contributed by atoms with van der Waals surface area (Å²) in [5.74, 6) is 1.47. The Kier molecular flexibility index (Phi) is 3.13. The van der Waals surface area contributed by atoms with Gasteiger partial charge in [0, 0.05) is 17.0 Å². The second kappa shape index (κ2) is 4.94. The second-order valence-electron chi connectivity index (χ2n) is 4.29. The number of benzene rings is 2.